The largest absolute Gasteiger partial charge is 0.494 e. The van der Waals surface area contributed by atoms with Crippen molar-refractivity contribution in [1.29, 1.82) is 0 Å². The average molecular weight is 236 g/mol. The number of halogens is 1. The third-order valence-electron chi connectivity index (χ3n) is 2.75. The van der Waals surface area contributed by atoms with Crippen molar-refractivity contribution in [3.63, 3.8) is 0 Å². The summed E-state index contributed by atoms with van der Waals surface area (Å²) in [6.07, 6.45) is 3.91. The minimum Gasteiger partial charge on any atom is -0.494 e. The van der Waals surface area contributed by atoms with Crippen molar-refractivity contribution in [2.45, 2.75) is 32.6 Å². The summed E-state index contributed by atoms with van der Waals surface area (Å²) in [6, 6.07) is 5.83. The summed E-state index contributed by atoms with van der Waals surface area (Å²) in [4.78, 5) is 0. The zero-order chi connectivity index (χ0) is 12.7. The molecule has 0 spiro atoms. The molecule has 0 aliphatic rings. The first kappa shape index (κ1) is 13.8. The molecule has 0 N–H and O–H groups in total. The number of ether oxygens (including phenoxy) is 1. The van der Waals surface area contributed by atoms with Gasteiger partial charge in [-0.1, -0.05) is 39.0 Å². The van der Waals surface area contributed by atoms with Gasteiger partial charge in [0.1, 0.15) is 5.75 Å². The van der Waals surface area contributed by atoms with Gasteiger partial charge in [0.2, 0.25) is 0 Å². The lowest BCUT2D eigenvalue weighted by atomic mass is 10.00. The molecule has 1 unspecified atom stereocenters. The maximum absolute atomic E-state index is 12.7. The fourth-order valence-corrected chi connectivity index (χ4v) is 1.56. The molecule has 17 heavy (non-hydrogen) atoms. The van der Waals surface area contributed by atoms with Crippen LogP contribution in [0, 0.1) is 0 Å². The van der Waals surface area contributed by atoms with Gasteiger partial charge in [-0.3, -0.25) is 4.39 Å². The average Bonchev–Trinajstić information content (AvgIpc) is 2.37. The fraction of sp³-hybridized carbons (Fsp3) is 0.467. The highest BCUT2D eigenvalue weighted by atomic mass is 19.1. The zero-order valence-electron chi connectivity index (χ0n) is 10.7. The van der Waals surface area contributed by atoms with Gasteiger partial charge in [0, 0.05) is 5.92 Å². The first-order valence-corrected chi connectivity index (χ1v) is 6.17. The molecule has 1 nitrogen and oxygen atoms in total. The molecule has 1 aromatic rings. The van der Waals surface area contributed by atoms with Gasteiger partial charge < -0.3 is 4.74 Å². The monoisotopic (exact) mass is 236 g/mol. The third kappa shape index (κ3) is 4.22. The number of alkyl halides is 1. The Kier molecular flexibility index (Phi) is 5.75. The van der Waals surface area contributed by atoms with Crippen LogP contribution in [0.15, 0.2) is 24.8 Å². The molecule has 1 rings (SSSR count). The van der Waals surface area contributed by atoms with Crippen LogP contribution >= 0.6 is 0 Å². The van der Waals surface area contributed by atoms with Crippen molar-refractivity contribution >= 4 is 6.08 Å². The SMILES string of the molecule is C=Cc1cc(OCCCC)cc(C(C)CF)c1. The molecule has 0 aliphatic carbocycles. The van der Waals surface area contributed by atoms with E-state index in [1.54, 1.807) is 6.08 Å². The molecular formula is C15H21FO. The molecule has 0 bridgehead atoms. The van der Waals surface area contributed by atoms with Crippen LogP contribution in [-0.2, 0) is 0 Å². The Morgan fingerprint density at radius 3 is 2.76 bits per heavy atom. The Morgan fingerprint density at radius 1 is 1.41 bits per heavy atom. The standard InChI is InChI=1S/C15H21FO/c1-4-6-7-17-15-9-13(5-2)8-14(10-15)12(3)11-16/h5,8-10,12H,2,4,6-7,11H2,1,3H3. The second kappa shape index (κ2) is 7.10. The van der Waals surface area contributed by atoms with Crippen molar-refractivity contribution in [1.82, 2.24) is 0 Å². The molecule has 2 heteroatoms. The van der Waals surface area contributed by atoms with Gasteiger partial charge >= 0.3 is 0 Å². The Labute approximate surface area is 103 Å². The molecular weight excluding hydrogens is 215 g/mol. The molecule has 0 amide bonds. The van der Waals surface area contributed by atoms with Crippen molar-refractivity contribution in [3.05, 3.63) is 35.9 Å². The van der Waals surface area contributed by atoms with Crippen LogP contribution in [0.3, 0.4) is 0 Å². The van der Waals surface area contributed by atoms with Crippen LogP contribution in [0.25, 0.3) is 6.08 Å². The molecule has 1 atom stereocenters. The van der Waals surface area contributed by atoms with Gasteiger partial charge in [-0.05, 0) is 29.7 Å². The van der Waals surface area contributed by atoms with Crippen LogP contribution in [0.2, 0.25) is 0 Å². The molecule has 0 saturated heterocycles. The van der Waals surface area contributed by atoms with E-state index in [4.69, 9.17) is 4.74 Å². The summed E-state index contributed by atoms with van der Waals surface area (Å²) in [5, 5.41) is 0. The first-order valence-electron chi connectivity index (χ1n) is 6.17. The van der Waals surface area contributed by atoms with Gasteiger partial charge in [0.25, 0.3) is 0 Å². The van der Waals surface area contributed by atoms with Crippen LogP contribution in [0.5, 0.6) is 5.75 Å². The van der Waals surface area contributed by atoms with Crippen molar-refractivity contribution < 1.29 is 9.13 Å². The van der Waals surface area contributed by atoms with Crippen molar-refractivity contribution in [2.24, 2.45) is 0 Å². The van der Waals surface area contributed by atoms with E-state index in [0.29, 0.717) is 6.61 Å². The minimum absolute atomic E-state index is 0.0941. The lowest BCUT2D eigenvalue weighted by Crippen LogP contribution is -2.00. The van der Waals surface area contributed by atoms with Gasteiger partial charge in [-0.15, -0.1) is 0 Å². The molecule has 1 aromatic carbocycles. The fourth-order valence-electron chi connectivity index (χ4n) is 1.56. The van der Waals surface area contributed by atoms with E-state index in [1.165, 1.54) is 0 Å². The van der Waals surface area contributed by atoms with Crippen LogP contribution in [0.4, 0.5) is 4.39 Å². The van der Waals surface area contributed by atoms with E-state index in [9.17, 15) is 4.39 Å². The van der Waals surface area contributed by atoms with Crippen LogP contribution in [0.1, 0.15) is 43.7 Å². The van der Waals surface area contributed by atoms with E-state index in [1.807, 2.05) is 25.1 Å². The predicted molar refractivity (Wildman–Crippen MR) is 71.3 cm³/mol. The van der Waals surface area contributed by atoms with Gasteiger partial charge in [0.05, 0.1) is 13.3 Å². The van der Waals surface area contributed by atoms with E-state index >= 15 is 0 Å². The maximum atomic E-state index is 12.7. The molecule has 94 valence electrons. The highest BCUT2D eigenvalue weighted by Gasteiger charge is 2.07. The molecule has 0 fully saturated rings. The predicted octanol–water partition coefficient (Wildman–Crippen LogP) is 4.58. The van der Waals surface area contributed by atoms with Gasteiger partial charge in [0.15, 0.2) is 0 Å². The van der Waals surface area contributed by atoms with Gasteiger partial charge in [-0.25, -0.2) is 0 Å². The topological polar surface area (TPSA) is 9.23 Å². The lowest BCUT2D eigenvalue weighted by Gasteiger charge is -2.12. The number of hydrogen-bond donors (Lipinski definition) is 0. The van der Waals surface area contributed by atoms with Crippen molar-refractivity contribution in [2.75, 3.05) is 13.3 Å². The Morgan fingerprint density at radius 2 is 2.18 bits per heavy atom. The van der Waals surface area contributed by atoms with E-state index in [0.717, 1.165) is 29.7 Å². The molecule has 0 heterocycles. The Bertz CT molecular complexity index is 360. The quantitative estimate of drug-likeness (QED) is 0.629. The lowest BCUT2D eigenvalue weighted by molar-refractivity contribution is 0.308. The summed E-state index contributed by atoms with van der Waals surface area (Å²) in [5.41, 5.74) is 1.95. The number of benzene rings is 1. The highest BCUT2D eigenvalue weighted by Crippen LogP contribution is 2.24. The summed E-state index contributed by atoms with van der Waals surface area (Å²) in [7, 11) is 0. The number of unbranched alkanes of at least 4 members (excludes halogenated alkanes) is 1. The normalized spacial score (nSPS) is 12.2. The summed E-state index contributed by atoms with van der Waals surface area (Å²) in [6.45, 7) is 8.10. The van der Waals surface area contributed by atoms with E-state index in [2.05, 4.69) is 13.5 Å². The van der Waals surface area contributed by atoms with Gasteiger partial charge in [-0.2, -0.15) is 0 Å². The summed E-state index contributed by atoms with van der Waals surface area (Å²) in [5.74, 6) is 0.717. The second-order valence-corrected chi connectivity index (χ2v) is 4.30. The smallest absolute Gasteiger partial charge is 0.120 e. The minimum atomic E-state index is -0.352. The first-order chi connectivity index (χ1) is 8.21. The Hall–Kier alpha value is -1.31. The van der Waals surface area contributed by atoms with Crippen molar-refractivity contribution in [3.8, 4) is 5.75 Å². The zero-order valence-corrected chi connectivity index (χ0v) is 10.7. The second-order valence-electron chi connectivity index (χ2n) is 4.30. The van der Waals surface area contributed by atoms with Crippen LogP contribution in [-0.4, -0.2) is 13.3 Å². The molecule has 0 radical (unpaired) electrons. The number of hydrogen-bond acceptors (Lipinski definition) is 1. The molecule has 0 aliphatic heterocycles. The summed E-state index contributed by atoms with van der Waals surface area (Å²) < 4.78 is 18.3. The maximum Gasteiger partial charge on any atom is 0.120 e. The summed E-state index contributed by atoms with van der Waals surface area (Å²) >= 11 is 0. The number of rotatable bonds is 7. The third-order valence-corrected chi connectivity index (χ3v) is 2.75. The molecule has 0 saturated carbocycles. The van der Waals surface area contributed by atoms with E-state index < -0.39 is 0 Å². The Balaban J connectivity index is 2.85. The van der Waals surface area contributed by atoms with E-state index in [-0.39, 0.29) is 12.6 Å². The highest BCUT2D eigenvalue weighted by molar-refractivity contribution is 5.52. The van der Waals surface area contributed by atoms with Crippen LogP contribution < -0.4 is 4.74 Å². The molecule has 0 aromatic heterocycles.